The lowest BCUT2D eigenvalue weighted by Gasteiger charge is -2.10. The molecule has 0 spiro atoms. The number of hydrogen-bond acceptors (Lipinski definition) is 3. The maximum atomic E-state index is 12.7. The quantitative estimate of drug-likeness (QED) is 0.533. The second kappa shape index (κ2) is 7.23. The molecule has 0 aliphatic heterocycles. The average Bonchev–Trinajstić information content (AvgIpc) is 3.41. The summed E-state index contributed by atoms with van der Waals surface area (Å²) in [5, 5.41) is 8.22. The van der Waals surface area contributed by atoms with Crippen molar-refractivity contribution in [2.75, 3.05) is 18.0 Å². The molecule has 0 radical (unpaired) electrons. The number of halogens is 1. The van der Waals surface area contributed by atoms with E-state index >= 15 is 0 Å². The van der Waals surface area contributed by atoms with Crippen LogP contribution in [0.25, 0.3) is 16.6 Å². The van der Waals surface area contributed by atoms with Gasteiger partial charge in [0.15, 0.2) is 0 Å². The molecule has 0 saturated heterocycles. The smallest absolute Gasteiger partial charge is 0.270 e. The van der Waals surface area contributed by atoms with Gasteiger partial charge in [-0.2, -0.15) is 5.10 Å². The van der Waals surface area contributed by atoms with E-state index in [9.17, 15) is 9.00 Å². The summed E-state index contributed by atoms with van der Waals surface area (Å²) in [5.41, 5.74) is 3.97. The van der Waals surface area contributed by atoms with Crippen LogP contribution in [0.2, 0.25) is 0 Å². The molecule has 1 aromatic heterocycles. The standard InChI is InChI=1S/C19H19IN4O2S/c1-21-19(25)18-15-9-14(11-3-4-11)17(23-27(2)26)10-16(15)22-24(18)13-7-5-12(20)6-8-13/h5-11,23H,3-4H2,1-2H3,(H,21,25). The summed E-state index contributed by atoms with van der Waals surface area (Å²) >= 11 is 2.25. The van der Waals surface area contributed by atoms with Crippen molar-refractivity contribution in [3.05, 3.63) is 51.2 Å². The number of nitrogens with zero attached hydrogens (tertiary/aromatic N) is 2. The molecule has 2 aromatic carbocycles. The highest BCUT2D eigenvalue weighted by Gasteiger charge is 2.29. The van der Waals surface area contributed by atoms with E-state index in [0.717, 1.165) is 38.7 Å². The number of rotatable bonds is 5. The number of amides is 1. The molecule has 1 unspecified atom stereocenters. The van der Waals surface area contributed by atoms with Crippen molar-refractivity contribution in [3.8, 4) is 5.69 Å². The molecule has 1 amide bonds. The third kappa shape index (κ3) is 3.60. The van der Waals surface area contributed by atoms with E-state index in [1.165, 1.54) is 0 Å². The zero-order chi connectivity index (χ0) is 19.1. The molecule has 6 nitrogen and oxygen atoms in total. The van der Waals surface area contributed by atoms with Crippen LogP contribution in [-0.4, -0.2) is 33.2 Å². The predicted molar refractivity (Wildman–Crippen MR) is 117 cm³/mol. The summed E-state index contributed by atoms with van der Waals surface area (Å²) < 4.78 is 17.6. The van der Waals surface area contributed by atoms with E-state index in [4.69, 9.17) is 0 Å². The van der Waals surface area contributed by atoms with Crippen molar-refractivity contribution < 1.29 is 9.00 Å². The minimum absolute atomic E-state index is 0.183. The number of nitrogens with one attached hydrogen (secondary N) is 2. The maximum absolute atomic E-state index is 12.7. The Morgan fingerprint density at radius 1 is 1.26 bits per heavy atom. The normalized spacial score (nSPS) is 14.9. The van der Waals surface area contributed by atoms with Crippen LogP contribution in [0.5, 0.6) is 0 Å². The van der Waals surface area contributed by atoms with Crippen LogP contribution >= 0.6 is 22.6 Å². The highest BCUT2D eigenvalue weighted by atomic mass is 127. The summed E-state index contributed by atoms with van der Waals surface area (Å²) in [7, 11) is 0.452. The highest BCUT2D eigenvalue weighted by Crippen LogP contribution is 2.45. The molecule has 140 valence electrons. The molecule has 1 heterocycles. The number of anilines is 1. The van der Waals surface area contributed by atoms with Gasteiger partial charge >= 0.3 is 0 Å². The Morgan fingerprint density at radius 2 is 1.96 bits per heavy atom. The predicted octanol–water partition coefficient (Wildman–Crippen LogP) is 3.57. The largest absolute Gasteiger partial charge is 0.354 e. The van der Waals surface area contributed by atoms with E-state index < -0.39 is 11.0 Å². The van der Waals surface area contributed by atoms with Crippen molar-refractivity contribution in [3.63, 3.8) is 0 Å². The van der Waals surface area contributed by atoms with Gasteiger partial charge in [0.05, 0.1) is 16.9 Å². The van der Waals surface area contributed by atoms with Crippen LogP contribution in [-0.2, 0) is 11.0 Å². The molecule has 1 aliphatic carbocycles. The Labute approximate surface area is 173 Å². The van der Waals surface area contributed by atoms with Gasteiger partial charge in [-0.25, -0.2) is 8.89 Å². The number of aromatic nitrogens is 2. The Kier molecular flexibility index (Phi) is 4.94. The van der Waals surface area contributed by atoms with Crippen LogP contribution in [0.3, 0.4) is 0 Å². The minimum atomic E-state index is -1.17. The highest BCUT2D eigenvalue weighted by molar-refractivity contribution is 14.1. The maximum Gasteiger partial charge on any atom is 0.270 e. The zero-order valence-electron chi connectivity index (χ0n) is 15.0. The van der Waals surface area contributed by atoms with Gasteiger partial charge in [-0.15, -0.1) is 0 Å². The minimum Gasteiger partial charge on any atom is -0.354 e. The first-order valence-corrected chi connectivity index (χ1v) is 11.3. The summed E-state index contributed by atoms with van der Waals surface area (Å²) in [6.07, 6.45) is 3.83. The number of carbonyl (C=O) groups excluding carboxylic acids is 1. The lowest BCUT2D eigenvalue weighted by molar-refractivity contribution is 0.0957. The van der Waals surface area contributed by atoms with Crippen molar-refractivity contribution in [1.29, 1.82) is 0 Å². The lowest BCUT2D eigenvalue weighted by atomic mass is 10.0. The average molecular weight is 494 g/mol. The Balaban J connectivity index is 1.96. The molecule has 2 N–H and O–H groups in total. The van der Waals surface area contributed by atoms with E-state index in [2.05, 4.69) is 37.7 Å². The molecule has 0 bridgehead atoms. The van der Waals surface area contributed by atoms with Gasteiger partial charge in [0.2, 0.25) is 0 Å². The second-order valence-corrected chi connectivity index (χ2v) is 8.96. The van der Waals surface area contributed by atoms with Crippen LogP contribution in [0, 0.1) is 3.57 Å². The van der Waals surface area contributed by atoms with Gasteiger partial charge in [0, 0.05) is 22.3 Å². The molecular formula is C19H19IN4O2S. The van der Waals surface area contributed by atoms with Gasteiger partial charge in [0.25, 0.3) is 5.91 Å². The molecule has 1 atom stereocenters. The fraction of sp³-hybridized carbons (Fsp3) is 0.263. The fourth-order valence-electron chi connectivity index (χ4n) is 3.23. The topological polar surface area (TPSA) is 76.0 Å². The van der Waals surface area contributed by atoms with Crippen molar-refractivity contribution in [1.82, 2.24) is 15.1 Å². The van der Waals surface area contributed by atoms with Gasteiger partial charge < -0.3 is 10.0 Å². The Hall–Kier alpha value is -1.94. The third-order valence-corrected chi connectivity index (χ3v) is 5.85. The Bertz CT molecular complexity index is 1060. The summed E-state index contributed by atoms with van der Waals surface area (Å²) in [6, 6.07) is 11.8. The van der Waals surface area contributed by atoms with Crippen LogP contribution in [0.15, 0.2) is 36.4 Å². The number of carbonyl (C=O) groups is 1. The van der Waals surface area contributed by atoms with E-state index in [-0.39, 0.29) is 5.91 Å². The molecular weight excluding hydrogens is 475 g/mol. The number of benzene rings is 2. The van der Waals surface area contributed by atoms with Gasteiger partial charge in [0.1, 0.15) is 16.7 Å². The molecule has 4 rings (SSSR count). The van der Waals surface area contributed by atoms with Gasteiger partial charge in [-0.3, -0.25) is 4.79 Å². The third-order valence-electron chi connectivity index (χ3n) is 4.63. The lowest BCUT2D eigenvalue weighted by Crippen LogP contribution is -2.21. The molecule has 1 saturated carbocycles. The molecule has 1 fully saturated rings. The van der Waals surface area contributed by atoms with Crippen LogP contribution < -0.4 is 10.0 Å². The first-order chi connectivity index (χ1) is 13.0. The summed E-state index contributed by atoms with van der Waals surface area (Å²) in [4.78, 5) is 12.7. The van der Waals surface area contributed by atoms with Gasteiger partial charge in [-0.1, -0.05) is 0 Å². The zero-order valence-corrected chi connectivity index (χ0v) is 17.9. The molecule has 3 aromatic rings. The Morgan fingerprint density at radius 3 is 2.56 bits per heavy atom. The van der Waals surface area contributed by atoms with E-state index in [1.54, 1.807) is 18.0 Å². The SMILES string of the molecule is CNC(=O)c1c2cc(C3CC3)c(NS(C)=O)cc2nn1-c1ccc(I)cc1. The number of hydrogen-bond donors (Lipinski definition) is 2. The van der Waals surface area contributed by atoms with Crippen LogP contribution in [0.4, 0.5) is 5.69 Å². The molecule has 27 heavy (non-hydrogen) atoms. The van der Waals surface area contributed by atoms with Crippen molar-refractivity contribution in [2.45, 2.75) is 18.8 Å². The summed E-state index contributed by atoms with van der Waals surface area (Å²) in [6.45, 7) is 0. The van der Waals surface area contributed by atoms with Crippen molar-refractivity contribution in [2.24, 2.45) is 0 Å². The van der Waals surface area contributed by atoms with E-state index in [1.807, 2.05) is 36.4 Å². The monoisotopic (exact) mass is 494 g/mol. The summed E-state index contributed by atoms with van der Waals surface area (Å²) in [5.74, 6) is 0.261. The molecule has 1 aliphatic rings. The van der Waals surface area contributed by atoms with Gasteiger partial charge in [-0.05, 0) is 83.3 Å². The molecule has 8 heteroatoms. The first-order valence-electron chi connectivity index (χ1n) is 8.62. The van der Waals surface area contributed by atoms with Crippen molar-refractivity contribution >= 4 is 56.1 Å². The number of fused-ring (bicyclic) bond motifs is 1. The fourth-order valence-corrected chi connectivity index (χ4v) is 4.08. The second-order valence-electron chi connectivity index (χ2n) is 6.60. The first kappa shape index (κ1) is 18.4. The van der Waals surface area contributed by atoms with Crippen LogP contribution in [0.1, 0.15) is 34.8 Å². The van der Waals surface area contributed by atoms with E-state index in [0.29, 0.717) is 17.1 Å².